The van der Waals surface area contributed by atoms with E-state index in [1.165, 1.54) is 6.42 Å². The minimum absolute atomic E-state index is 0.105. The summed E-state index contributed by atoms with van der Waals surface area (Å²) >= 11 is 0. The summed E-state index contributed by atoms with van der Waals surface area (Å²) in [5.41, 5.74) is 1.16. The lowest BCUT2D eigenvalue weighted by molar-refractivity contribution is -0.125. The third kappa shape index (κ3) is 4.42. The average molecular weight is 358 g/mol. The molecule has 0 unspecified atom stereocenters. The van der Waals surface area contributed by atoms with Gasteiger partial charge in [0.1, 0.15) is 0 Å². The van der Waals surface area contributed by atoms with E-state index >= 15 is 0 Å². The van der Waals surface area contributed by atoms with Gasteiger partial charge in [-0.05, 0) is 49.4 Å². The number of hydrogen-bond acceptors (Lipinski definition) is 4. The minimum Gasteiger partial charge on any atom is -0.452 e. The number of amides is 2. The van der Waals surface area contributed by atoms with Crippen LogP contribution in [-0.4, -0.2) is 37.0 Å². The second kappa shape index (κ2) is 8.34. The van der Waals surface area contributed by atoms with Gasteiger partial charge < -0.3 is 15.0 Å². The molecule has 1 aliphatic carbocycles. The molecule has 1 aliphatic heterocycles. The van der Waals surface area contributed by atoms with Crippen LogP contribution in [0.2, 0.25) is 0 Å². The van der Waals surface area contributed by atoms with Crippen molar-refractivity contribution in [1.29, 1.82) is 0 Å². The maximum Gasteiger partial charge on any atom is 0.338 e. The number of ether oxygens (including phenoxy) is 1. The molecule has 2 fully saturated rings. The molecule has 1 aromatic carbocycles. The Bertz CT molecular complexity index is 671. The zero-order valence-electron chi connectivity index (χ0n) is 15.2. The van der Waals surface area contributed by atoms with Gasteiger partial charge in [0, 0.05) is 24.7 Å². The third-order valence-corrected chi connectivity index (χ3v) is 5.28. The predicted octanol–water partition coefficient (Wildman–Crippen LogP) is 2.67. The molecule has 6 nitrogen and oxygen atoms in total. The summed E-state index contributed by atoms with van der Waals surface area (Å²) < 4.78 is 5.12. The van der Waals surface area contributed by atoms with E-state index in [2.05, 4.69) is 12.2 Å². The molecule has 2 atom stereocenters. The van der Waals surface area contributed by atoms with Crippen LogP contribution in [0.1, 0.15) is 55.8 Å². The molecule has 1 saturated heterocycles. The summed E-state index contributed by atoms with van der Waals surface area (Å²) in [6.07, 6.45) is 5.87. The topological polar surface area (TPSA) is 75.7 Å². The molecule has 1 aromatic rings. The maximum atomic E-state index is 12.1. The molecule has 1 saturated carbocycles. The summed E-state index contributed by atoms with van der Waals surface area (Å²) in [7, 11) is 0. The Hall–Kier alpha value is -2.37. The first-order valence-corrected chi connectivity index (χ1v) is 9.41. The quantitative estimate of drug-likeness (QED) is 0.821. The zero-order chi connectivity index (χ0) is 18.5. The number of carbonyl (C=O) groups excluding carboxylic acids is 3. The van der Waals surface area contributed by atoms with Gasteiger partial charge >= 0.3 is 5.97 Å². The van der Waals surface area contributed by atoms with Gasteiger partial charge in [-0.3, -0.25) is 9.59 Å². The highest BCUT2D eigenvalue weighted by atomic mass is 16.5. The summed E-state index contributed by atoms with van der Waals surface area (Å²) in [6, 6.07) is 6.91. The fourth-order valence-corrected chi connectivity index (χ4v) is 3.69. The smallest absolute Gasteiger partial charge is 0.338 e. The third-order valence-electron chi connectivity index (χ3n) is 5.28. The van der Waals surface area contributed by atoms with Gasteiger partial charge in [-0.15, -0.1) is 0 Å². The Morgan fingerprint density at radius 2 is 1.88 bits per heavy atom. The molecule has 2 amide bonds. The Kier molecular flexibility index (Phi) is 5.91. The number of benzene rings is 1. The molecule has 6 heteroatoms. The molecule has 2 aliphatic rings. The number of nitrogens with one attached hydrogen (secondary N) is 1. The van der Waals surface area contributed by atoms with Gasteiger partial charge in [0.05, 0.1) is 5.56 Å². The van der Waals surface area contributed by atoms with E-state index in [1.54, 1.807) is 29.2 Å². The van der Waals surface area contributed by atoms with Gasteiger partial charge in [-0.2, -0.15) is 0 Å². The van der Waals surface area contributed by atoms with E-state index in [0.29, 0.717) is 24.4 Å². The Morgan fingerprint density at radius 1 is 1.15 bits per heavy atom. The molecule has 0 spiro atoms. The van der Waals surface area contributed by atoms with Crippen LogP contribution < -0.4 is 10.2 Å². The minimum atomic E-state index is -0.531. The van der Waals surface area contributed by atoms with Crippen molar-refractivity contribution in [2.45, 2.75) is 51.5 Å². The van der Waals surface area contributed by atoms with Crippen LogP contribution in [0.3, 0.4) is 0 Å². The first-order chi connectivity index (χ1) is 12.5. The van der Waals surface area contributed by atoms with Crippen molar-refractivity contribution in [3.05, 3.63) is 29.8 Å². The molecule has 140 valence electrons. The molecular weight excluding hydrogens is 332 g/mol. The van der Waals surface area contributed by atoms with Gasteiger partial charge in [0.2, 0.25) is 5.91 Å². The summed E-state index contributed by atoms with van der Waals surface area (Å²) in [5.74, 6) is -0.217. The lowest BCUT2D eigenvalue weighted by atomic mass is 9.86. The second-order valence-electron chi connectivity index (χ2n) is 7.21. The van der Waals surface area contributed by atoms with Crippen LogP contribution in [0.25, 0.3) is 0 Å². The largest absolute Gasteiger partial charge is 0.452 e. The van der Waals surface area contributed by atoms with Crippen LogP contribution in [0.4, 0.5) is 5.69 Å². The first kappa shape index (κ1) is 18.4. The number of hydrogen-bond donors (Lipinski definition) is 1. The van der Waals surface area contributed by atoms with Crippen LogP contribution >= 0.6 is 0 Å². The Morgan fingerprint density at radius 3 is 2.54 bits per heavy atom. The van der Waals surface area contributed by atoms with Gasteiger partial charge in [0.25, 0.3) is 5.91 Å². The van der Waals surface area contributed by atoms with Crippen molar-refractivity contribution in [2.75, 3.05) is 18.1 Å². The zero-order valence-corrected chi connectivity index (χ0v) is 15.2. The number of nitrogens with zero attached hydrogens (tertiary/aromatic N) is 1. The summed E-state index contributed by atoms with van der Waals surface area (Å²) in [6.45, 7) is 2.58. The molecule has 3 rings (SSSR count). The molecule has 0 bridgehead atoms. The number of rotatable bonds is 5. The normalized spacial score (nSPS) is 23.0. The van der Waals surface area contributed by atoms with E-state index in [-0.39, 0.29) is 24.5 Å². The van der Waals surface area contributed by atoms with Crippen LogP contribution in [0, 0.1) is 5.92 Å². The SMILES string of the molecule is C[C@@H]1CCCC[C@@H]1NC(=O)COC(=O)c1ccc(N2CCCC2=O)cc1. The first-order valence-electron chi connectivity index (χ1n) is 9.41. The molecule has 26 heavy (non-hydrogen) atoms. The maximum absolute atomic E-state index is 12.1. The van der Waals surface area contributed by atoms with Crippen LogP contribution in [-0.2, 0) is 14.3 Å². The highest BCUT2D eigenvalue weighted by molar-refractivity contribution is 5.96. The Labute approximate surface area is 153 Å². The van der Waals surface area contributed by atoms with Gasteiger partial charge in [0.15, 0.2) is 6.61 Å². The standard InChI is InChI=1S/C20H26N2O4/c1-14-5-2-3-6-17(14)21-18(23)13-26-20(25)15-8-10-16(11-9-15)22-12-4-7-19(22)24/h8-11,14,17H,2-7,12-13H2,1H3,(H,21,23)/t14-,17+/m1/s1. The summed E-state index contributed by atoms with van der Waals surface area (Å²) in [4.78, 5) is 37.6. The van der Waals surface area contributed by atoms with E-state index < -0.39 is 5.97 Å². The van der Waals surface area contributed by atoms with E-state index in [0.717, 1.165) is 31.4 Å². The van der Waals surface area contributed by atoms with Crippen molar-refractivity contribution in [2.24, 2.45) is 5.92 Å². The number of esters is 1. The van der Waals surface area contributed by atoms with E-state index in [1.807, 2.05) is 0 Å². The van der Waals surface area contributed by atoms with Crippen molar-refractivity contribution in [3.63, 3.8) is 0 Å². The lowest BCUT2D eigenvalue weighted by Crippen LogP contribution is -2.42. The van der Waals surface area contributed by atoms with Gasteiger partial charge in [-0.25, -0.2) is 4.79 Å². The summed E-state index contributed by atoms with van der Waals surface area (Å²) in [5, 5.41) is 2.97. The second-order valence-corrected chi connectivity index (χ2v) is 7.21. The fourth-order valence-electron chi connectivity index (χ4n) is 3.69. The number of carbonyl (C=O) groups is 3. The predicted molar refractivity (Wildman–Crippen MR) is 97.9 cm³/mol. The highest BCUT2D eigenvalue weighted by Gasteiger charge is 2.24. The van der Waals surface area contributed by atoms with E-state index in [9.17, 15) is 14.4 Å². The molecule has 1 heterocycles. The number of anilines is 1. The Balaban J connectivity index is 1.48. The van der Waals surface area contributed by atoms with Gasteiger partial charge in [-0.1, -0.05) is 19.8 Å². The molecule has 0 radical (unpaired) electrons. The van der Waals surface area contributed by atoms with Crippen molar-refractivity contribution >= 4 is 23.5 Å². The monoisotopic (exact) mass is 358 g/mol. The average Bonchev–Trinajstić information content (AvgIpc) is 3.08. The van der Waals surface area contributed by atoms with Crippen molar-refractivity contribution < 1.29 is 19.1 Å². The van der Waals surface area contributed by atoms with Crippen LogP contribution in [0.5, 0.6) is 0 Å². The fraction of sp³-hybridized carbons (Fsp3) is 0.550. The van der Waals surface area contributed by atoms with Crippen molar-refractivity contribution in [1.82, 2.24) is 5.32 Å². The lowest BCUT2D eigenvalue weighted by Gasteiger charge is -2.29. The molecular formula is C20H26N2O4. The van der Waals surface area contributed by atoms with E-state index in [4.69, 9.17) is 4.74 Å². The molecule has 1 N–H and O–H groups in total. The van der Waals surface area contributed by atoms with Crippen LogP contribution in [0.15, 0.2) is 24.3 Å². The van der Waals surface area contributed by atoms with Crippen molar-refractivity contribution in [3.8, 4) is 0 Å². The highest BCUT2D eigenvalue weighted by Crippen LogP contribution is 2.24. The molecule has 0 aromatic heterocycles.